The van der Waals surface area contributed by atoms with Crippen LogP contribution in [0.5, 0.6) is 17.2 Å². The number of benzene rings is 3. The molecule has 1 atom stereocenters. The minimum atomic E-state index is -0.818. The van der Waals surface area contributed by atoms with E-state index >= 15 is 0 Å². The second kappa shape index (κ2) is 9.39. The predicted molar refractivity (Wildman–Crippen MR) is 138 cm³/mol. The molecule has 1 aromatic heterocycles. The smallest absolute Gasteiger partial charge is 0.344 e. The van der Waals surface area contributed by atoms with E-state index in [1.165, 1.54) is 0 Å². The molecule has 4 N–H and O–H groups in total. The molecule has 4 aromatic rings. The summed E-state index contributed by atoms with van der Waals surface area (Å²) in [5.41, 5.74) is 14.8. The van der Waals surface area contributed by atoms with Crippen LogP contribution in [0.25, 0.3) is 22.1 Å². The molecule has 0 amide bonds. The fraction of sp³-hybridized carbons (Fsp3) is 0.143. The molecule has 0 saturated heterocycles. The second-order valence-corrected chi connectivity index (χ2v) is 8.00. The second-order valence-electron chi connectivity index (χ2n) is 8.00. The van der Waals surface area contributed by atoms with Crippen LogP contribution in [0.2, 0.25) is 0 Å². The number of fused-ring (bicyclic) bond motifs is 3. The molecular weight excluding hydrogens is 458 g/mol. The minimum Gasteiger partial charge on any atom is -0.497 e. The van der Waals surface area contributed by atoms with Crippen molar-refractivity contribution in [2.75, 3.05) is 20.0 Å². The lowest BCUT2D eigenvalue weighted by molar-refractivity contribution is 0.388. The Kier molecular flexibility index (Phi) is 6.32. The first-order valence-electron chi connectivity index (χ1n) is 10.7. The molecule has 0 fully saturated rings. The average molecular weight is 484 g/mol. The van der Waals surface area contributed by atoms with Crippen molar-refractivity contribution in [3.8, 4) is 34.4 Å². The van der Waals surface area contributed by atoms with Gasteiger partial charge in [0.25, 0.3) is 0 Å². The number of anilines is 1. The number of nitriles is 1. The monoisotopic (exact) mass is 483 g/mol. The van der Waals surface area contributed by atoms with Crippen LogP contribution in [0.3, 0.4) is 0 Å². The first-order valence-corrected chi connectivity index (χ1v) is 10.7. The summed E-state index contributed by atoms with van der Waals surface area (Å²) < 4.78 is 22.3. The standard InChI is InChI=1S/C27H21N3O5.CH4/c1-32-17-5-3-4-14(10-17)18-11-15(6-8-21(18)33-2)23-20(13-28)26(30)35-25-19-12-16(29)7-9-22(19)34-27(31)24(23)25;/h3-12,23H,29-30H2,1-2H3;1H4. The lowest BCUT2D eigenvalue weighted by Gasteiger charge is -2.26. The maximum Gasteiger partial charge on any atom is 0.344 e. The first-order chi connectivity index (χ1) is 16.9. The summed E-state index contributed by atoms with van der Waals surface area (Å²) in [4.78, 5) is 13.2. The van der Waals surface area contributed by atoms with Gasteiger partial charge in [-0.1, -0.05) is 25.6 Å². The zero-order valence-electron chi connectivity index (χ0n) is 19.0. The molecule has 1 unspecified atom stereocenters. The van der Waals surface area contributed by atoms with Crippen LogP contribution >= 0.6 is 0 Å². The SMILES string of the molecule is C.COc1cccc(-c2cc(C3C(C#N)=C(N)Oc4c3c(=O)oc3ccc(N)cc43)ccc2OC)c1. The Morgan fingerprint density at radius 2 is 1.81 bits per heavy atom. The summed E-state index contributed by atoms with van der Waals surface area (Å²) in [6.45, 7) is 0. The normalized spacial score (nSPS) is 14.3. The Labute approximate surface area is 207 Å². The van der Waals surface area contributed by atoms with Gasteiger partial charge in [0.05, 0.1) is 31.1 Å². The van der Waals surface area contributed by atoms with Gasteiger partial charge in [-0.3, -0.25) is 0 Å². The molecule has 8 nitrogen and oxygen atoms in total. The Morgan fingerprint density at radius 1 is 1.00 bits per heavy atom. The molecule has 0 saturated carbocycles. The highest BCUT2D eigenvalue weighted by Crippen LogP contribution is 2.45. The highest BCUT2D eigenvalue weighted by molar-refractivity contribution is 5.88. The summed E-state index contributed by atoms with van der Waals surface area (Å²) in [6.07, 6.45) is 0. The predicted octanol–water partition coefficient (Wildman–Crippen LogP) is 4.91. The van der Waals surface area contributed by atoms with Crippen molar-refractivity contribution in [1.82, 2.24) is 0 Å². The van der Waals surface area contributed by atoms with E-state index in [4.69, 9.17) is 30.1 Å². The molecule has 0 spiro atoms. The number of nitrogen functional groups attached to an aromatic ring is 1. The van der Waals surface area contributed by atoms with Crippen LogP contribution in [0.4, 0.5) is 5.69 Å². The van der Waals surface area contributed by atoms with Gasteiger partial charge in [-0.2, -0.15) is 5.26 Å². The van der Waals surface area contributed by atoms with Gasteiger partial charge in [-0.15, -0.1) is 0 Å². The topological polar surface area (TPSA) is 134 Å². The minimum absolute atomic E-state index is 0. The Morgan fingerprint density at radius 3 is 2.53 bits per heavy atom. The average Bonchev–Trinajstić information content (AvgIpc) is 2.88. The van der Waals surface area contributed by atoms with Crippen molar-refractivity contribution >= 4 is 16.7 Å². The molecule has 5 rings (SSSR count). The van der Waals surface area contributed by atoms with E-state index in [1.54, 1.807) is 44.6 Å². The van der Waals surface area contributed by atoms with E-state index in [0.717, 1.165) is 11.1 Å². The quantitative estimate of drug-likeness (QED) is 0.309. The van der Waals surface area contributed by atoms with Crippen molar-refractivity contribution in [2.24, 2.45) is 5.73 Å². The number of ether oxygens (including phenoxy) is 3. The van der Waals surface area contributed by atoms with Crippen molar-refractivity contribution in [3.05, 3.63) is 93.7 Å². The number of methoxy groups -OCH3 is 2. The maximum atomic E-state index is 13.2. The third kappa shape index (κ3) is 3.87. The zero-order valence-corrected chi connectivity index (χ0v) is 19.0. The largest absolute Gasteiger partial charge is 0.497 e. The highest BCUT2D eigenvalue weighted by Gasteiger charge is 2.36. The summed E-state index contributed by atoms with van der Waals surface area (Å²) in [5.74, 6) is 0.615. The molecule has 1 aliphatic rings. The van der Waals surface area contributed by atoms with Crippen molar-refractivity contribution in [1.29, 1.82) is 5.26 Å². The maximum absolute atomic E-state index is 13.2. The summed E-state index contributed by atoms with van der Waals surface area (Å²) in [7, 11) is 3.17. The van der Waals surface area contributed by atoms with Crippen LogP contribution in [0, 0.1) is 11.3 Å². The van der Waals surface area contributed by atoms with E-state index in [1.807, 2.05) is 30.3 Å². The van der Waals surface area contributed by atoms with Gasteiger partial charge >= 0.3 is 5.63 Å². The number of allylic oxidation sites excluding steroid dienone is 1. The van der Waals surface area contributed by atoms with E-state index in [0.29, 0.717) is 33.7 Å². The van der Waals surface area contributed by atoms with Gasteiger partial charge in [-0.25, -0.2) is 4.79 Å². The number of rotatable bonds is 4. The number of nitrogens with zero attached hydrogens (tertiary/aromatic N) is 1. The van der Waals surface area contributed by atoms with E-state index in [2.05, 4.69) is 6.07 Å². The zero-order chi connectivity index (χ0) is 24.7. The lowest BCUT2D eigenvalue weighted by Crippen LogP contribution is -2.26. The third-order valence-corrected chi connectivity index (χ3v) is 6.03. The van der Waals surface area contributed by atoms with Crippen molar-refractivity contribution < 1.29 is 18.6 Å². The van der Waals surface area contributed by atoms with Crippen molar-refractivity contribution in [3.63, 3.8) is 0 Å². The molecule has 0 radical (unpaired) electrons. The molecular formula is C28H25N3O5. The van der Waals surface area contributed by atoms with Gasteiger partial charge in [0.1, 0.15) is 28.7 Å². The lowest BCUT2D eigenvalue weighted by atomic mass is 9.82. The van der Waals surface area contributed by atoms with Crippen LogP contribution in [0.1, 0.15) is 24.5 Å². The molecule has 0 bridgehead atoms. The van der Waals surface area contributed by atoms with E-state index < -0.39 is 11.5 Å². The van der Waals surface area contributed by atoms with Gasteiger partial charge in [-0.05, 0) is 53.6 Å². The van der Waals surface area contributed by atoms with Gasteiger partial charge in [0.15, 0.2) is 5.75 Å². The van der Waals surface area contributed by atoms with E-state index in [-0.39, 0.29) is 30.2 Å². The molecule has 0 aliphatic carbocycles. The number of hydrogen-bond donors (Lipinski definition) is 2. The van der Waals surface area contributed by atoms with Gasteiger partial charge in [0, 0.05) is 11.3 Å². The van der Waals surface area contributed by atoms with Crippen LogP contribution in [-0.2, 0) is 0 Å². The molecule has 8 heteroatoms. The molecule has 182 valence electrons. The van der Waals surface area contributed by atoms with Crippen LogP contribution in [0.15, 0.2) is 81.3 Å². The molecule has 36 heavy (non-hydrogen) atoms. The van der Waals surface area contributed by atoms with E-state index in [9.17, 15) is 10.1 Å². The summed E-state index contributed by atoms with van der Waals surface area (Å²) in [5, 5.41) is 10.5. The summed E-state index contributed by atoms with van der Waals surface area (Å²) >= 11 is 0. The third-order valence-electron chi connectivity index (χ3n) is 6.03. The fourth-order valence-corrected chi connectivity index (χ4v) is 4.39. The van der Waals surface area contributed by atoms with Crippen LogP contribution < -0.4 is 31.3 Å². The van der Waals surface area contributed by atoms with Gasteiger partial charge < -0.3 is 30.1 Å². The molecule has 3 aromatic carbocycles. The number of hydrogen-bond acceptors (Lipinski definition) is 8. The Balaban J connectivity index is 0.00000304. The van der Waals surface area contributed by atoms with Gasteiger partial charge in [0.2, 0.25) is 5.88 Å². The first kappa shape index (κ1) is 24.2. The van der Waals surface area contributed by atoms with Crippen molar-refractivity contribution in [2.45, 2.75) is 13.3 Å². The Bertz CT molecular complexity index is 1610. The molecule has 1 aliphatic heterocycles. The number of nitrogens with two attached hydrogens (primary N) is 2. The summed E-state index contributed by atoms with van der Waals surface area (Å²) in [6, 6.07) is 19.9. The van der Waals surface area contributed by atoms with Crippen LogP contribution in [-0.4, -0.2) is 14.2 Å². The fourth-order valence-electron chi connectivity index (χ4n) is 4.39. The molecule has 2 heterocycles. The Hall–Kier alpha value is -4.90. The highest BCUT2D eigenvalue weighted by atomic mass is 16.5.